The van der Waals surface area contributed by atoms with Gasteiger partial charge in [-0.25, -0.2) is 0 Å². The molecule has 5 nitrogen and oxygen atoms in total. The second-order valence-electron chi connectivity index (χ2n) is 7.20. The van der Waals surface area contributed by atoms with E-state index in [-0.39, 0.29) is 17.9 Å². The van der Waals surface area contributed by atoms with Crippen molar-refractivity contribution in [1.29, 1.82) is 0 Å². The predicted molar refractivity (Wildman–Crippen MR) is 97.9 cm³/mol. The third-order valence-corrected chi connectivity index (χ3v) is 5.27. The van der Waals surface area contributed by atoms with Gasteiger partial charge in [0.15, 0.2) is 0 Å². The fourth-order valence-electron chi connectivity index (χ4n) is 3.92. The van der Waals surface area contributed by atoms with E-state index in [1.165, 1.54) is 18.4 Å². The summed E-state index contributed by atoms with van der Waals surface area (Å²) in [5.41, 5.74) is 1.23. The number of nitrogens with zero attached hydrogens (tertiary/aromatic N) is 1. The lowest BCUT2D eigenvalue weighted by atomic mass is 10.1. The van der Waals surface area contributed by atoms with Gasteiger partial charge in [-0.2, -0.15) is 0 Å². The summed E-state index contributed by atoms with van der Waals surface area (Å²) in [5.74, 6) is 0.113. The second-order valence-corrected chi connectivity index (χ2v) is 7.20. The van der Waals surface area contributed by atoms with Crippen LogP contribution < -0.4 is 10.6 Å². The molecule has 5 heteroatoms. The Labute approximate surface area is 150 Å². The van der Waals surface area contributed by atoms with Crippen molar-refractivity contribution in [3.8, 4) is 0 Å². The molecule has 25 heavy (non-hydrogen) atoms. The summed E-state index contributed by atoms with van der Waals surface area (Å²) in [7, 11) is 0. The van der Waals surface area contributed by atoms with Gasteiger partial charge in [0.05, 0.1) is 6.04 Å². The van der Waals surface area contributed by atoms with E-state index in [1.807, 2.05) is 18.2 Å². The summed E-state index contributed by atoms with van der Waals surface area (Å²) in [5, 5.41) is 6.02. The summed E-state index contributed by atoms with van der Waals surface area (Å²) in [6.45, 7) is 2.18. The fourth-order valence-corrected chi connectivity index (χ4v) is 3.92. The van der Waals surface area contributed by atoms with Gasteiger partial charge in [-0.3, -0.25) is 14.5 Å². The molecule has 3 rings (SSSR count). The van der Waals surface area contributed by atoms with Gasteiger partial charge >= 0.3 is 0 Å². The number of carbonyl (C=O) groups is 2. The van der Waals surface area contributed by atoms with Crippen LogP contribution in [0.15, 0.2) is 30.3 Å². The molecule has 2 aliphatic rings. The smallest absolute Gasteiger partial charge is 0.237 e. The molecule has 2 fully saturated rings. The molecule has 1 saturated heterocycles. The maximum atomic E-state index is 12.5. The lowest BCUT2D eigenvalue weighted by Crippen LogP contribution is -2.44. The Morgan fingerprint density at radius 3 is 2.56 bits per heavy atom. The molecule has 0 bridgehead atoms. The first-order valence-electron chi connectivity index (χ1n) is 9.57. The van der Waals surface area contributed by atoms with Crippen LogP contribution in [-0.2, 0) is 16.1 Å². The molecule has 0 aromatic heterocycles. The average Bonchev–Trinajstić information content (AvgIpc) is 3.27. The first-order valence-corrected chi connectivity index (χ1v) is 9.57. The minimum Gasteiger partial charge on any atom is -0.354 e. The molecule has 136 valence electrons. The van der Waals surface area contributed by atoms with Gasteiger partial charge in [-0.1, -0.05) is 43.2 Å². The molecule has 0 unspecified atom stereocenters. The highest BCUT2D eigenvalue weighted by atomic mass is 16.2. The van der Waals surface area contributed by atoms with E-state index in [2.05, 4.69) is 27.7 Å². The Morgan fingerprint density at radius 2 is 1.80 bits per heavy atom. The second kappa shape index (κ2) is 8.99. The zero-order chi connectivity index (χ0) is 17.5. The SMILES string of the molecule is O=C(CCNC(=O)[C@H]1CCCN1Cc1ccccc1)NC1CCCC1. The molecule has 2 N–H and O–H groups in total. The number of benzene rings is 1. The number of rotatable bonds is 7. The molecule has 0 spiro atoms. The Kier molecular flexibility index (Phi) is 6.45. The van der Waals surface area contributed by atoms with Gasteiger partial charge in [-0.05, 0) is 37.8 Å². The van der Waals surface area contributed by atoms with Gasteiger partial charge in [-0.15, -0.1) is 0 Å². The molecule has 1 heterocycles. The van der Waals surface area contributed by atoms with E-state index in [0.717, 1.165) is 38.8 Å². The zero-order valence-electron chi connectivity index (χ0n) is 14.9. The van der Waals surface area contributed by atoms with Crippen molar-refractivity contribution < 1.29 is 9.59 Å². The number of carbonyl (C=O) groups excluding carboxylic acids is 2. The van der Waals surface area contributed by atoms with Crippen LogP contribution >= 0.6 is 0 Å². The molecule has 1 saturated carbocycles. The van der Waals surface area contributed by atoms with Crippen LogP contribution in [0.4, 0.5) is 0 Å². The number of likely N-dealkylation sites (tertiary alicyclic amines) is 1. The number of hydrogen-bond donors (Lipinski definition) is 2. The van der Waals surface area contributed by atoms with Crippen molar-refractivity contribution in [1.82, 2.24) is 15.5 Å². The van der Waals surface area contributed by atoms with Crippen LogP contribution in [-0.4, -0.2) is 41.9 Å². The summed E-state index contributed by atoms with van der Waals surface area (Å²) in [6, 6.07) is 10.5. The Morgan fingerprint density at radius 1 is 1.04 bits per heavy atom. The van der Waals surface area contributed by atoms with E-state index >= 15 is 0 Å². The van der Waals surface area contributed by atoms with Crippen LogP contribution in [0, 0.1) is 0 Å². The molecule has 0 radical (unpaired) electrons. The largest absolute Gasteiger partial charge is 0.354 e. The lowest BCUT2D eigenvalue weighted by molar-refractivity contribution is -0.126. The Hall–Kier alpha value is -1.88. The molecular formula is C20H29N3O2. The van der Waals surface area contributed by atoms with Crippen LogP contribution in [0.25, 0.3) is 0 Å². The summed E-state index contributed by atoms with van der Waals surface area (Å²) in [4.78, 5) is 26.7. The number of amides is 2. The predicted octanol–water partition coefficient (Wildman–Crippen LogP) is 2.22. The maximum Gasteiger partial charge on any atom is 0.237 e. The monoisotopic (exact) mass is 343 g/mol. The summed E-state index contributed by atoms with van der Waals surface area (Å²) >= 11 is 0. The normalized spacial score (nSPS) is 21.4. The highest BCUT2D eigenvalue weighted by Crippen LogP contribution is 2.20. The van der Waals surface area contributed by atoms with E-state index < -0.39 is 0 Å². The van der Waals surface area contributed by atoms with Crippen molar-refractivity contribution in [3.63, 3.8) is 0 Å². The molecule has 1 aliphatic carbocycles. The minimum absolute atomic E-state index is 0.0553. The van der Waals surface area contributed by atoms with Gasteiger partial charge in [0.1, 0.15) is 0 Å². The van der Waals surface area contributed by atoms with E-state index in [1.54, 1.807) is 0 Å². The quantitative estimate of drug-likeness (QED) is 0.798. The molecular weight excluding hydrogens is 314 g/mol. The highest BCUT2D eigenvalue weighted by Gasteiger charge is 2.30. The van der Waals surface area contributed by atoms with Crippen molar-refractivity contribution in [2.45, 2.75) is 63.6 Å². The molecule has 1 aromatic carbocycles. The fraction of sp³-hybridized carbons (Fsp3) is 0.600. The van der Waals surface area contributed by atoms with Crippen molar-refractivity contribution in [3.05, 3.63) is 35.9 Å². The molecule has 1 aliphatic heterocycles. The summed E-state index contributed by atoms with van der Waals surface area (Å²) < 4.78 is 0. The van der Waals surface area contributed by atoms with Gasteiger partial charge in [0, 0.05) is 25.6 Å². The third-order valence-electron chi connectivity index (χ3n) is 5.27. The Balaban J connectivity index is 1.40. The lowest BCUT2D eigenvalue weighted by Gasteiger charge is -2.23. The average molecular weight is 343 g/mol. The standard InChI is InChI=1S/C20H29N3O2/c24-19(22-17-9-4-5-10-17)12-13-21-20(25)18-11-6-14-23(18)15-16-7-2-1-3-8-16/h1-3,7-8,17-18H,4-6,9-15H2,(H,21,25)(H,22,24)/t18-/m1/s1. The number of nitrogens with one attached hydrogen (secondary N) is 2. The van der Waals surface area contributed by atoms with Gasteiger partial charge < -0.3 is 10.6 Å². The van der Waals surface area contributed by atoms with Crippen LogP contribution in [0.1, 0.15) is 50.5 Å². The molecule has 2 amide bonds. The van der Waals surface area contributed by atoms with Crippen molar-refractivity contribution >= 4 is 11.8 Å². The zero-order valence-corrected chi connectivity index (χ0v) is 14.9. The first-order chi connectivity index (χ1) is 12.2. The number of hydrogen-bond acceptors (Lipinski definition) is 3. The molecule has 1 atom stereocenters. The maximum absolute atomic E-state index is 12.5. The van der Waals surface area contributed by atoms with E-state index in [0.29, 0.717) is 19.0 Å². The van der Waals surface area contributed by atoms with Crippen LogP contribution in [0.3, 0.4) is 0 Å². The highest BCUT2D eigenvalue weighted by molar-refractivity contribution is 5.83. The van der Waals surface area contributed by atoms with Crippen LogP contribution in [0.5, 0.6) is 0 Å². The Bertz CT molecular complexity index is 570. The topological polar surface area (TPSA) is 61.4 Å². The van der Waals surface area contributed by atoms with Gasteiger partial charge in [0.2, 0.25) is 11.8 Å². The van der Waals surface area contributed by atoms with Crippen LogP contribution in [0.2, 0.25) is 0 Å². The van der Waals surface area contributed by atoms with Crippen molar-refractivity contribution in [2.24, 2.45) is 0 Å². The van der Waals surface area contributed by atoms with Crippen molar-refractivity contribution in [2.75, 3.05) is 13.1 Å². The minimum atomic E-state index is -0.0712. The summed E-state index contributed by atoms with van der Waals surface area (Å²) in [6.07, 6.45) is 6.91. The van der Waals surface area contributed by atoms with E-state index in [4.69, 9.17) is 0 Å². The first kappa shape index (κ1) is 17.9. The molecule has 1 aromatic rings. The third kappa shape index (κ3) is 5.30. The van der Waals surface area contributed by atoms with E-state index in [9.17, 15) is 9.59 Å². The van der Waals surface area contributed by atoms with Gasteiger partial charge in [0.25, 0.3) is 0 Å².